The van der Waals surface area contributed by atoms with Crippen LogP contribution < -0.4 is 5.73 Å². The van der Waals surface area contributed by atoms with E-state index in [-0.39, 0.29) is 18.8 Å². The zero-order valence-electron chi connectivity index (χ0n) is 9.08. The summed E-state index contributed by atoms with van der Waals surface area (Å²) in [5.74, 6) is -1.78. The summed E-state index contributed by atoms with van der Waals surface area (Å²) < 4.78 is 45.8. The van der Waals surface area contributed by atoms with Crippen LogP contribution in [-0.2, 0) is 22.1 Å². The lowest BCUT2D eigenvalue weighted by molar-refractivity contribution is -0.153. The molecule has 0 aliphatic rings. The van der Waals surface area contributed by atoms with Gasteiger partial charge in [-0.2, -0.15) is 13.2 Å². The van der Waals surface area contributed by atoms with Crippen LogP contribution in [0.2, 0.25) is 0 Å². The summed E-state index contributed by atoms with van der Waals surface area (Å²) in [6.45, 7) is 1.78. The van der Waals surface area contributed by atoms with E-state index in [1.165, 1.54) is 0 Å². The number of halogens is 3. The van der Waals surface area contributed by atoms with Gasteiger partial charge in [-0.1, -0.05) is 0 Å². The molecule has 0 fully saturated rings. The fraction of sp³-hybridized carbons (Fsp3) is 0.500. The molecule has 4 nitrogen and oxygen atoms in total. The minimum Gasteiger partial charge on any atom is -0.465 e. The summed E-state index contributed by atoms with van der Waals surface area (Å²) in [7, 11) is 0. The van der Waals surface area contributed by atoms with E-state index in [0.717, 1.165) is 12.1 Å². The van der Waals surface area contributed by atoms with Crippen molar-refractivity contribution < 1.29 is 27.1 Å². The van der Waals surface area contributed by atoms with E-state index in [2.05, 4.69) is 9.15 Å². The van der Waals surface area contributed by atoms with Crippen LogP contribution in [0.5, 0.6) is 0 Å². The fourth-order valence-electron chi connectivity index (χ4n) is 1.19. The van der Waals surface area contributed by atoms with E-state index in [1.807, 2.05) is 0 Å². The summed E-state index contributed by atoms with van der Waals surface area (Å²) in [4.78, 5) is 11.1. The Labute approximate surface area is 95.5 Å². The van der Waals surface area contributed by atoms with Crippen LogP contribution >= 0.6 is 0 Å². The monoisotopic (exact) mass is 251 g/mol. The summed E-state index contributed by atoms with van der Waals surface area (Å²) in [6, 6.07) is 0.914. The van der Waals surface area contributed by atoms with Crippen molar-refractivity contribution in [2.75, 3.05) is 6.61 Å². The van der Waals surface area contributed by atoms with Crippen LogP contribution in [0.15, 0.2) is 16.5 Å². The van der Waals surface area contributed by atoms with Crippen LogP contribution in [0.1, 0.15) is 18.4 Å². The predicted octanol–water partition coefficient (Wildman–Crippen LogP) is 1.73. The van der Waals surface area contributed by atoms with Gasteiger partial charge in [0, 0.05) is 6.42 Å². The average molecular weight is 251 g/mol. The molecule has 1 unspecified atom stereocenters. The van der Waals surface area contributed by atoms with Crippen LogP contribution in [0.3, 0.4) is 0 Å². The van der Waals surface area contributed by atoms with Crippen molar-refractivity contribution in [1.82, 2.24) is 0 Å². The second-order valence-electron chi connectivity index (χ2n) is 3.33. The first kappa shape index (κ1) is 13.6. The zero-order valence-corrected chi connectivity index (χ0v) is 9.08. The third kappa shape index (κ3) is 3.77. The molecule has 0 saturated heterocycles. The third-order valence-electron chi connectivity index (χ3n) is 1.95. The molecule has 1 atom stereocenters. The van der Waals surface area contributed by atoms with E-state index in [9.17, 15) is 18.0 Å². The summed E-state index contributed by atoms with van der Waals surface area (Å²) in [6.07, 6.45) is -4.67. The normalized spacial score (nSPS) is 13.5. The Hall–Kier alpha value is -1.50. The van der Waals surface area contributed by atoms with Crippen LogP contribution in [0.4, 0.5) is 13.2 Å². The highest BCUT2D eigenvalue weighted by atomic mass is 19.4. The molecule has 2 N–H and O–H groups in total. The second kappa shape index (κ2) is 5.22. The lowest BCUT2D eigenvalue weighted by atomic mass is 10.2. The van der Waals surface area contributed by atoms with Gasteiger partial charge in [0.15, 0.2) is 0 Å². The molecule has 0 saturated carbocycles. The Kier molecular flexibility index (Phi) is 4.17. The molecule has 0 spiro atoms. The largest absolute Gasteiger partial charge is 0.465 e. The topological polar surface area (TPSA) is 65.5 Å². The van der Waals surface area contributed by atoms with E-state index < -0.39 is 23.9 Å². The predicted molar refractivity (Wildman–Crippen MR) is 52.0 cm³/mol. The average Bonchev–Trinajstić information content (AvgIpc) is 2.66. The molecule has 7 heteroatoms. The van der Waals surface area contributed by atoms with E-state index in [4.69, 9.17) is 5.73 Å². The van der Waals surface area contributed by atoms with Gasteiger partial charge in [0.25, 0.3) is 0 Å². The molecule has 17 heavy (non-hydrogen) atoms. The van der Waals surface area contributed by atoms with Gasteiger partial charge in [0.2, 0.25) is 5.76 Å². The molecule has 96 valence electrons. The second-order valence-corrected chi connectivity index (χ2v) is 3.33. The van der Waals surface area contributed by atoms with Crippen LogP contribution in [0.25, 0.3) is 0 Å². The van der Waals surface area contributed by atoms with Crippen LogP contribution in [-0.4, -0.2) is 18.6 Å². The maximum absolute atomic E-state index is 12.2. The lowest BCUT2D eigenvalue weighted by Gasteiger charge is -2.08. The summed E-state index contributed by atoms with van der Waals surface area (Å²) >= 11 is 0. The highest BCUT2D eigenvalue weighted by Crippen LogP contribution is 2.30. The SMILES string of the molecule is CCOC(=O)C(N)Cc1ccc(C(F)(F)F)o1. The Morgan fingerprint density at radius 2 is 2.18 bits per heavy atom. The number of furan rings is 1. The molecule has 0 aliphatic carbocycles. The molecule has 0 aliphatic heterocycles. The van der Waals surface area contributed by atoms with Crippen molar-refractivity contribution in [2.24, 2.45) is 5.73 Å². The van der Waals surface area contributed by atoms with E-state index >= 15 is 0 Å². The van der Waals surface area contributed by atoms with Gasteiger partial charge in [-0.15, -0.1) is 0 Å². The Balaban J connectivity index is 2.64. The van der Waals surface area contributed by atoms with Crippen molar-refractivity contribution in [3.63, 3.8) is 0 Å². The first-order valence-electron chi connectivity index (χ1n) is 4.92. The molecule has 1 heterocycles. The standard InChI is InChI=1S/C10H12F3NO3/c1-2-16-9(15)7(14)5-6-3-4-8(17-6)10(11,12)13/h3-4,7H,2,5,14H2,1H3. The molecule has 1 aromatic heterocycles. The van der Waals surface area contributed by atoms with Gasteiger partial charge in [-0.25, -0.2) is 0 Å². The van der Waals surface area contributed by atoms with Crippen LogP contribution in [0, 0.1) is 0 Å². The Morgan fingerprint density at radius 3 is 2.65 bits per heavy atom. The molecule has 0 radical (unpaired) electrons. The highest BCUT2D eigenvalue weighted by molar-refractivity contribution is 5.75. The highest BCUT2D eigenvalue weighted by Gasteiger charge is 2.35. The summed E-state index contributed by atoms with van der Waals surface area (Å²) in [5.41, 5.74) is 5.44. The first-order chi connectivity index (χ1) is 7.84. The van der Waals surface area contributed by atoms with Gasteiger partial charge < -0.3 is 14.9 Å². The van der Waals surface area contributed by atoms with E-state index in [0.29, 0.717) is 0 Å². The maximum Gasteiger partial charge on any atom is 0.449 e. The zero-order chi connectivity index (χ0) is 13.1. The first-order valence-corrected chi connectivity index (χ1v) is 4.92. The molecule has 0 amide bonds. The van der Waals surface area contributed by atoms with Crippen molar-refractivity contribution in [3.8, 4) is 0 Å². The Bertz CT molecular complexity index is 386. The van der Waals surface area contributed by atoms with Gasteiger partial charge in [-0.3, -0.25) is 4.79 Å². The van der Waals surface area contributed by atoms with Gasteiger partial charge in [0.05, 0.1) is 6.61 Å². The van der Waals surface area contributed by atoms with Gasteiger partial charge >= 0.3 is 12.1 Å². The number of rotatable bonds is 4. The van der Waals surface area contributed by atoms with Gasteiger partial charge in [-0.05, 0) is 19.1 Å². The smallest absolute Gasteiger partial charge is 0.449 e. The molecule has 0 aromatic carbocycles. The quantitative estimate of drug-likeness (QED) is 0.827. The number of carbonyl (C=O) groups excluding carboxylic acids is 1. The number of nitrogens with two attached hydrogens (primary N) is 1. The number of hydrogen-bond acceptors (Lipinski definition) is 4. The van der Waals surface area contributed by atoms with Gasteiger partial charge in [0.1, 0.15) is 11.8 Å². The van der Waals surface area contributed by atoms with Crippen molar-refractivity contribution in [2.45, 2.75) is 25.6 Å². The minimum absolute atomic E-state index is 0.00196. The van der Waals surface area contributed by atoms with E-state index in [1.54, 1.807) is 6.92 Å². The fourth-order valence-corrected chi connectivity index (χ4v) is 1.19. The number of carbonyl (C=O) groups is 1. The van der Waals surface area contributed by atoms with Crippen molar-refractivity contribution >= 4 is 5.97 Å². The molecule has 0 bridgehead atoms. The third-order valence-corrected chi connectivity index (χ3v) is 1.95. The van der Waals surface area contributed by atoms with Crippen molar-refractivity contribution in [1.29, 1.82) is 0 Å². The Morgan fingerprint density at radius 1 is 1.53 bits per heavy atom. The molecule has 1 aromatic rings. The van der Waals surface area contributed by atoms with Crippen molar-refractivity contribution in [3.05, 3.63) is 23.7 Å². The maximum atomic E-state index is 12.2. The summed E-state index contributed by atoms with van der Waals surface area (Å²) in [5, 5.41) is 0. The molecular formula is C10H12F3NO3. The number of ether oxygens (including phenoxy) is 1. The minimum atomic E-state index is -4.54. The lowest BCUT2D eigenvalue weighted by Crippen LogP contribution is -2.34. The number of esters is 1. The number of hydrogen-bond donors (Lipinski definition) is 1. The number of alkyl halides is 3. The molecule has 1 rings (SSSR count). The molecular weight excluding hydrogens is 239 g/mol.